The molecule has 4 nitrogen and oxygen atoms in total. The van der Waals surface area contributed by atoms with Crippen LogP contribution in [-0.4, -0.2) is 10.9 Å². The van der Waals surface area contributed by atoms with Crippen molar-refractivity contribution in [2.24, 2.45) is 0 Å². The summed E-state index contributed by atoms with van der Waals surface area (Å²) in [7, 11) is 0. The fourth-order valence-electron chi connectivity index (χ4n) is 2.05. The van der Waals surface area contributed by atoms with Gasteiger partial charge in [-0.25, -0.2) is 0 Å². The quantitative estimate of drug-likeness (QED) is 0.886. The molecule has 0 saturated heterocycles. The van der Waals surface area contributed by atoms with Gasteiger partial charge in [0.2, 0.25) is 5.91 Å². The summed E-state index contributed by atoms with van der Waals surface area (Å²) in [4.78, 5) is 25.2. The van der Waals surface area contributed by atoms with Crippen LogP contribution in [0.2, 0.25) is 0 Å². The van der Waals surface area contributed by atoms with E-state index in [1.807, 2.05) is 35.3 Å². The third-order valence-corrected chi connectivity index (χ3v) is 3.22. The third-order valence-electron chi connectivity index (χ3n) is 3.22. The number of H-pyrrole nitrogens is 1. The summed E-state index contributed by atoms with van der Waals surface area (Å²) >= 11 is 0. The Balaban J connectivity index is 1.94. The number of anilines is 1. The van der Waals surface area contributed by atoms with Gasteiger partial charge in [-0.05, 0) is 24.5 Å². The maximum absolute atomic E-state index is 12.6. The van der Waals surface area contributed by atoms with E-state index in [-0.39, 0.29) is 6.42 Å². The number of nitrogens with one attached hydrogen (secondary N) is 2. The van der Waals surface area contributed by atoms with Crippen LogP contribution < -0.4 is 10.9 Å². The molecule has 1 aromatic carbocycles. The number of rotatable bonds is 5. The van der Waals surface area contributed by atoms with Crippen molar-refractivity contribution in [1.29, 1.82) is 0 Å². The molecule has 0 fully saturated rings. The van der Waals surface area contributed by atoms with Crippen LogP contribution in [0.4, 0.5) is 18.9 Å². The van der Waals surface area contributed by atoms with Crippen molar-refractivity contribution < 1.29 is 18.0 Å². The number of aromatic nitrogens is 1. The van der Waals surface area contributed by atoms with Gasteiger partial charge in [-0.15, -0.1) is 0 Å². The molecule has 1 aromatic heterocycles. The summed E-state index contributed by atoms with van der Waals surface area (Å²) < 4.78 is 37.8. The monoisotopic (exact) mass is 324 g/mol. The van der Waals surface area contributed by atoms with E-state index in [9.17, 15) is 22.8 Å². The molecule has 0 bridgehead atoms. The molecule has 0 aliphatic carbocycles. The first-order valence-corrected chi connectivity index (χ1v) is 7.00. The van der Waals surface area contributed by atoms with Gasteiger partial charge >= 0.3 is 6.18 Å². The summed E-state index contributed by atoms with van der Waals surface area (Å²) in [6.45, 7) is 0. The van der Waals surface area contributed by atoms with E-state index in [1.165, 1.54) is 0 Å². The SMILES string of the molecule is O=C(CCCc1ccccc1)Nc1cc(C(F)(F)F)c[nH]c1=O. The van der Waals surface area contributed by atoms with Crippen molar-refractivity contribution in [3.63, 3.8) is 0 Å². The molecule has 1 heterocycles. The highest BCUT2D eigenvalue weighted by Gasteiger charge is 2.31. The summed E-state index contributed by atoms with van der Waals surface area (Å²) in [5, 5.41) is 2.23. The van der Waals surface area contributed by atoms with Gasteiger partial charge in [-0.3, -0.25) is 9.59 Å². The number of benzene rings is 1. The molecule has 0 radical (unpaired) electrons. The normalized spacial score (nSPS) is 11.3. The molecule has 0 saturated carbocycles. The van der Waals surface area contributed by atoms with E-state index < -0.39 is 28.9 Å². The summed E-state index contributed by atoms with van der Waals surface area (Å²) in [5.41, 5.74) is -1.12. The minimum atomic E-state index is -4.59. The van der Waals surface area contributed by atoms with Crippen molar-refractivity contribution in [1.82, 2.24) is 4.98 Å². The average Bonchev–Trinajstić information content (AvgIpc) is 2.49. The standard InChI is InChI=1S/C16H15F3N2O2/c17-16(18,19)12-9-13(15(23)20-10-12)21-14(22)8-4-7-11-5-2-1-3-6-11/h1-3,5-6,9-10H,4,7-8H2,(H,20,23)(H,21,22). The number of carbonyl (C=O) groups excluding carboxylic acids is 1. The molecule has 1 amide bonds. The Morgan fingerprint density at radius 3 is 2.52 bits per heavy atom. The minimum Gasteiger partial charge on any atom is -0.327 e. The Morgan fingerprint density at radius 2 is 1.87 bits per heavy atom. The van der Waals surface area contributed by atoms with Gasteiger partial charge in [0.15, 0.2) is 0 Å². The Kier molecular flexibility index (Phi) is 5.20. The van der Waals surface area contributed by atoms with Gasteiger partial charge in [-0.1, -0.05) is 30.3 Å². The zero-order valence-corrected chi connectivity index (χ0v) is 12.1. The smallest absolute Gasteiger partial charge is 0.327 e. The molecule has 2 N–H and O–H groups in total. The third kappa shape index (κ3) is 4.98. The number of halogens is 3. The maximum Gasteiger partial charge on any atom is 0.417 e. The number of hydrogen-bond donors (Lipinski definition) is 2. The first kappa shape index (κ1) is 16.8. The Hall–Kier alpha value is -2.57. The van der Waals surface area contributed by atoms with E-state index in [0.717, 1.165) is 5.56 Å². The van der Waals surface area contributed by atoms with Gasteiger partial charge in [0.25, 0.3) is 5.56 Å². The molecule has 0 atom stereocenters. The van der Waals surface area contributed by atoms with E-state index in [1.54, 1.807) is 0 Å². The lowest BCUT2D eigenvalue weighted by molar-refractivity contribution is -0.137. The lowest BCUT2D eigenvalue weighted by Crippen LogP contribution is -2.21. The van der Waals surface area contributed by atoms with E-state index >= 15 is 0 Å². The van der Waals surface area contributed by atoms with Crippen LogP contribution in [0, 0.1) is 0 Å². The molecule has 0 spiro atoms. The highest BCUT2D eigenvalue weighted by molar-refractivity contribution is 5.90. The minimum absolute atomic E-state index is 0.116. The van der Waals surface area contributed by atoms with Crippen molar-refractivity contribution >= 4 is 11.6 Å². The molecule has 0 aliphatic rings. The second-order valence-corrected chi connectivity index (χ2v) is 5.02. The van der Waals surface area contributed by atoms with Crippen LogP contribution in [0.3, 0.4) is 0 Å². The van der Waals surface area contributed by atoms with Crippen LogP contribution in [0.25, 0.3) is 0 Å². The molecule has 7 heteroatoms. The van der Waals surface area contributed by atoms with Gasteiger partial charge in [-0.2, -0.15) is 13.2 Å². The van der Waals surface area contributed by atoms with Crippen LogP contribution in [-0.2, 0) is 17.4 Å². The summed E-state index contributed by atoms with van der Waals surface area (Å²) in [5.74, 6) is -0.495. The predicted molar refractivity (Wildman–Crippen MR) is 80.1 cm³/mol. The number of amides is 1. The van der Waals surface area contributed by atoms with Crippen molar-refractivity contribution in [3.05, 3.63) is 64.1 Å². The lowest BCUT2D eigenvalue weighted by atomic mass is 10.1. The molecule has 2 rings (SSSR count). The molecule has 0 unspecified atom stereocenters. The zero-order chi connectivity index (χ0) is 16.9. The van der Waals surface area contributed by atoms with Crippen molar-refractivity contribution in [2.75, 3.05) is 5.32 Å². The Labute approximate surface area is 130 Å². The van der Waals surface area contributed by atoms with E-state index in [2.05, 4.69) is 5.32 Å². The van der Waals surface area contributed by atoms with Gasteiger partial charge < -0.3 is 10.3 Å². The van der Waals surface area contributed by atoms with Crippen molar-refractivity contribution in [2.45, 2.75) is 25.4 Å². The fourth-order valence-corrected chi connectivity index (χ4v) is 2.05. The predicted octanol–water partition coefficient (Wildman–Crippen LogP) is 3.36. The number of carbonyl (C=O) groups is 1. The van der Waals surface area contributed by atoms with Gasteiger partial charge in [0, 0.05) is 12.6 Å². The molecule has 23 heavy (non-hydrogen) atoms. The second kappa shape index (κ2) is 7.13. The molecule has 122 valence electrons. The Morgan fingerprint density at radius 1 is 1.17 bits per heavy atom. The molecular formula is C16H15F3N2O2. The zero-order valence-electron chi connectivity index (χ0n) is 12.1. The summed E-state index contributed by atoms with van der Waals surface area (Å²) in [6.07, 6.45) is -2.69. The van der Waals surface area contributed by atoms with Crippen molar-refractivity contribution in [3.8, 4) is 0 Å². The Bertz CT molecular complexity index is 724. The van der Waals surface area contributed by atoms with Crippen LogP contribution in [0.5, 0.6) is 0 Å². The summed E-state index contributed by atoms with van der Waals surface area (Å²) in [6, 6.07) is 10.1. The molecule has 0 aliphatic heterocycles. The highest BCUT2D eigenvalue weighted by Crippen LogP contribution is 2.29. The van der Waals surface area contributed by atoms with Crippen LogP contribution in [0.1, 0.15) is 24.0 Å². The first-order valence-electron chi connectivity index (χ1n) is 7.00. The maximum atomic E-state index is 12.6. The second-order valence-electron chi connectivity index (χ2n) is 5.02. The van der Waals surface area contributed by atoms with E-state index in [4.69, 9.17) is 0 Å². The van der Waals surface area contributed by atoms with Crippen LogP contribution >= 0.6 is 0 Å². The van der Waals surface area contributed by atoms with Gasteiger partial charge in [0.1, 0.15) is 5.69 Å². The topological polar surface area (TPSA) is 62.0 Å². The van der Waals surface area contributed by atoms with Gasteiger partial charge in [0.05, 0.1) is 5.56 Å². The molecular weight excluding hydrogens is 309 g/mol. The first-order chi connectivity index (χ1) is 10.9. The van der Waals surface area contributed by atoms with E-state index in [0.29, 0.717) is 25.1 Å². The average molecular weight is 324 g/mol. The number of hydrogen-bond acceptors (Lipinski definition) is 2. The number of alkyl halides is 3. The number of aromatic amines is 1. The molecule has 2 aromatic rings. The number of aryl methyl sites for hydroxylation is 1. The fraction of sp³-hybridized carbons (Fsp3) is 0.250. The lowest BCUT2D eigenvalue weighted by Gasteiger charge is -2.09. The number of pyridine rings is 1. The highest BCUT2D eigenvalue weighted by atomic mass is 19.4. The van der Waals surface area contributed by atoms with Crippen LogP contribution in [0.15, 0.2) is 47.4 Å². The largest absolute Gasteiger partial charge is 0.417 e.